The van der Waals surface area contributed by atoms with Crippen LogP contribution in [-0.4, -0.2) is 51.8 Å². The second kappa shape index (κ2) is 8.82. The summed E-state index contributed by atoms with van der Waals surface area (Å²) in [6.07, 6.45) is 1.64. The average Bonchev–Trinajstić information content (AvgIpc) is 2.90. The molecular formula is C21H27NO6. The van der Waals surface area contributed by atoms with E-state index < -0.39 is 5.97 Å². The predicted molar refractivity (Wildman–Crippen MR) is 105 cm³/mol. The predicted octanol–water partition coefficient (Wildman–Crippen LogP) is 3.04. The molecule has 0 N–H and O–H groups in total. The zero-order valence-corrected chi connectivity index (χ0v) is 17.4. The molecule has 1 aromatic carbocycles. The van der Waals surface area contributed by atoms with E-state index in [1.165, 1.54) is 28.4 Å². The summed E-state index contributed by atoms with van der Waals surface area (Å²) in [7, 11) is 5.85. The van der Waals surface area contributed by atoms with Gasteiger partial charge in [-0.2, -0.15) is 0 Å². The van der Waals surface area contributed by atoms with Crippen LogP contribution < -0.4 is 14.2 Å². The molecule has 0 spiro atoms. The van der Waals surface area contributed by atoms with Crippen LogP contribution in [0.5, 0.6) is 17.2 Å². The van der Waals surface area contributed by atoms with Gasteiger partial charge in [-0.15, -0.1) is 0 Å². The Morgan fingerprint density at radius 1 is 1.07 bits per heavy atom. The van der Waals surface area contributed by atoms with Crippen molar-refractivity contribution in [3.05, 3.63) is 34.5 Å². The van der Waals surface area contributed by atoms with Crippen LogP contribution in [0.15, 0.2) is 29.0 Å². The molecule has 0 aliphatic carbocycles. The number of esters is 1. The quantitative estimate of drug-likeness (QED) is 0.527. The Morgan fingerprint density at radius 3 is 2.07 bits per heavy atom. The average molecular weight is 389 g/mol. The third-order valence-electron chi connectivity index (χ3n) is 4.45. The molecule has 0 aromatic heterocycles. The van der Waals surface area contributed by atoms with E-state index in [4.69, 9.17) is 18.9 Å². The molecule has 0 saturated carbocycles. The molecule has 0 atom stereocenters. The summed E-state index contributed by atoms with van der Waals surface area (Å²) >= 11 is 0. The van der Waals surface area contributed by atoms with Crippen molar-refractivity contribution in [2.45, 2.75) is 20.8 Å². The van der Waals surface area contributed by atoms with Crippen LogP contribution in [0.1, 0.15) is 26.3 Å². The Balaban J connectivity index is 2.62. The van der Waals surface area contributed by atoms with Crippen molar-refractivity contribution in [2.24, 2.45) is 5.92 Å². The molecule has 1 aliphatic rings. The van der Waals surface area contributed by atoms with E-state index in [1.54, 1.807) is 30.0 Å². The molecule has 0 radical (unpaired) electrons. The highest BCUT2D eigenvalue weighted by Gasteiger charge is 2.37. The van der Waals surface area contributed by atoms with Crippen LogP contribution in [0.25, 0.3) is 6.08 Å². The fourth-order valence-electron chi connectivity index (χ4n) is 3.16. The van der Waals surface area contributed by atoms with Crippen molar-refractivity contribution >= 4 is 18.0 Å². The van der Waals surface area contributed by atoms with E-state index in [1.807, 2.05) is 13.8 Å². The zero-order chi connectivity index (χ0) is 21.0. The van der Waals surface area contributed by atoms with Crippen LogP contribution in [0.4, 0.5) is 0 Å². The number of methoxy groups -OCH3 is 4. The maximum atomic E-state index is 13.0. The molecule has 28 heavy (non-hydrogen) atoms. The smallest absolute Gasteiger partial charge is 0.340 e. The number of nitrogens with zero attached hydrogens (tertiary/aromatic N) is 1. The minimum absolute atomic E-state index is 0.236. The van der Waals surface area contributed by atoms with Crippen LogP contribution in [0.2, 0.25) is 0 Å². The normalized spacial score (nSPS) is 15.5. The first-order valence-electron chi connectivity index (χ1n) is 8.92. The number of ether oxygens (including phenoxy) is 4. The molecule has 7 nitrogen and oxygen atoms in total. The third kappa shape index (κ3) is 3.98. The molecule has 0 bridgehead atoms. The highest BCUT2D eigenvalue weighted by atomic mass is 16.5. The summed E-state index contributed by atoms with van der Waals surface area (Å²) in [5.74, 6) is 0.831. The Kier molecular flexibility index (Phi) is 6.72. The lowest BCUT2D eigenvalue weighted by Gasteiger charge is -2.20. The summed E-state index contributed by atoms with van der Waals surface area (Å²) in [6, 6.07) is 3.44. The number of hydrogen-bond donors (Lipinski definition) is 0. The van der Waals surface area contributed by atoms with Gasteiger partial charge in [0.1, 0.15) is 0 Å². The summed E-state index contributed by atoms with van der Waals surface area (Å²) in [5, 5.41) is 0. The van der Waals surface area contributed by atoms with Gasteiger partial charge in [-0.3, -0.25) is 4.79 Å². The lowest BCUT2D eigenvalue weighted by molar-refractivity contribution is -0.136. The van der Waals surface area contributed by atoms with E-state index in [-0.39, 0.29) is 23.0 Å². The van der Waals surface area contributed by atoms with Crippen LogP contribution in [0, 0.1) is 5.92 Å². The monoisotopic (exact) mass is 389 g/mol. The number of amides is 1. The van der Waals surface area contributed by atoms with Gasteiger partial charge in [0.2, 0.25) is 5.75 Å². The van der Waals surface area contributed by atoms with Crippen molar-refractivity contribution in [2.75, 3.05) is 35.0 Å². The molecule has 0 fully saturated rings. The van der Waals surface area contributed by atoms with Crippen molar-refractivity contribution in [1.29, 1.82) is 0 Å². The molecule has 1 amide bonds. The minimum atomic E-state index is -0.546. The SMILES string of the molecule is COC(=O)C1=C(C)N(CC(C)C)C(=O)C1=Cc1cc(OC)c(OC)c(OC)c1. The highest BCUT2D eigenvalue weighted by molar-refractivity contribution is 6.16. The van der Waals surface area contributed by atoms with Crippen molar-refractivity contribution in [1.82, 2.24) is 4.90 Å². The number of benzene rings is 1. The van der Waals surface area contributed by atoms with Crippen LogP contribution in [0.3, 0.4) is 0 Å². The molecule has 7 heteroatoms. The summed E-state index contributed by atoms with van der Waals surface area (Å²) in [5.41, 5.74) is 1.77. The standard InChI is InChI=1S/C21H27NO6/c1-12(2)11-22-13(3)18(21(24)28-7)15(20(22)23)8-14-9-16(25-4)19(27-6)17(10-14)26-5/h8-10,12H,11H2,1-7H3. The fourth-order valence-corrected chi connectivity index (χ4v) is 3.16. The van der Waals surface area contributed by atoms with Crippen molar-refractivity contribution in [3.63, 3.8) is 0 Å². The van der Waals surface area contributed by atoms with Crippen LogP contribution >= 0.6 is 0 Å². The van der Waals surface area contributed by atoms with Gasteiger partial charge in [-0.25, -0.2) is 4.79 Å². The lowest BCUT2D eigenvalue weighted by Crippen LogP contribution is -2.28. The molecule has 2 rings (SSSR count). The first-order chi connectivity index (χ1) is 13.3. The Morgan fingerprint density at radius 2 is 1.64 bits per heavy atom. The molecule has 152 valence electrons. The first-order valence-corrected chi connectivity index (χ1v) is 8.92. The van der Waals surface area contributed by atoms with Gasteiger partial charge in [-0.05, 0) is 36.6 Å². The zero-order valence-electron chi connectivity index (χ0n) is 17.4. The van der Waals surface area contributed by atoms with Gasteiger partial charge < -0.3 is 23.8 Å². The molecular weight excluding hydrogens is 362 g/mol. The molecule has 1 aromatic rings. The molecule has 1 aliphatic heterocycles. The van der Waals surface area contributed by atoms with E-state index >= 15 is 0 Å². The van der Waals surface area contributed by atoms with Gasteiger partial charge >= 0.3 is 5.97 Å². The Bertz CT molecular complexity index is 812. The van der Waals surface area contributed by atoms with E-state index in [0.717, 1.165) is 0 Å². The summed E-state index contributed by atoms with van der Waals surface area (Å²) in [4.78, 5) is 27.0. The van der Waals surface area contributed by atoms with Crippen LogP contribution in [-0.2, 0) is 14.3 Å². The summed E-state index contributed by atoms with van der Waals surface area (Å²) < 4.78 is 21.0. The molecule has 0 saturated heterocycles. The molecule has 0 unspecified atom stereocenters. The van der Waals surface area contributed by atoms with Gasteiger partial charge in [0.15, 0.2) is 11.5 Å². The first kappa shape index (κ1) is 21.3. The number of carbonyl (C=O) groups excluding carboxylic acids is 2. The number of hydrogen-bond acceptors (Lipinski definition) is 6. The van der Waals surface area contributed by atoms with Gasteiger partial charge in [-0.1, -0.05) is 13.8 Å². The second-order valence-electron chi connectivity index (χ2n) is 6.78. The Labute approximate surface area is 165 Å². The minimum Gasteiger partial charge on any atom is -0.493 e. The highest BCUT2D eigenvalue weighted by Crippen LogP contribution is 2.40. The van der Waals surface area contributed by atoms with E-state index in [0.29, 0.717) is 35.1 Å². The number of allylic oxidation sites excluding steroid dienone is 1. The molecule has 1 heterocycles. The maximum absolute atomic E-state index is 13.0. The van der Waals surface area contributed by atoms with Crippen molar-refractivity contribution in [3.8, 4) is 17.2 Å². The Hall–Kier alpha value is -2.96. The van der Waals surface area contributed by atoms with Gasteiger partial charge in [0, 0.05) is 12.2 Å². The second-order valence-corrected chi connectivity index (χ2v) is 6.78. The number of rotatable bonds is 7. The van der Waals surface area contributed by atoms with E-state index in [9.17, 15) is 9.59 Å². The third-order valence-corrected chi connectivity index (χ3v) is 4.45. The number of carbonyl (C=O) groups is 2. The van der Waals surface area contributed by atoms with Gasteiger partial charge in [0.25, 0.3) is 5.91 Å². The largest absolute Gasteiger partial charge is 0.493 e. The topological polar surface area (TPSA) is 74.3 Å². The van der Waals surface area contributed by atoms with Crippen molar-refractivity contribution < 1.29 is 28.5 Å². The fraction of sp³-hybridized carbons (Fsp3) is 0.429. The van der Waals surface area contributed by atoms with E-state index in [2.05, 4.69) is 0 Å². The summed E-state index contributed by atoms with van der Waals surface area (Å²) in [6.45, 7) is 6.29. The maximum Gasteiger partial charge on any atom is 0.340 e. The lowest BCUT2D eigenvalue weighted by atomic mass is 10.0. The van der Waals surface area contributed by atoms with Gasteiger partial charge in [0.05, 0.1) is 39.6 Å².